The first-order chi connectivity index (χ1) is 12.3. The number of halogens is 1. The summed E-state index contributed by atoms with van der Waals surface area (Å²) in [6.45, 7) is 3.27. The third-order valence-corrected chi connectivity index (χ3v) is 3.66. The molecule has 0 aromatic heterocycles. The third kappa shape index (κ3) is 4.50. The van der Waals surface area contributed by atoms with E-state index in [0.717, 1.165) is 11.6 Å². The highest BCUT2D eigenvalue weighted by molar-refractivity contribution is 5.98. The van der Waals surface area contributed by atoms with Crippen molar-refractivity contribution < 1.29 is 28.2 Å². The SMILES string of the molecule is COc1ccc(C(=O)OC(C)C(=O)Nc2cc(C)ccc2OC)c(F)c1. The maximum Gasteiger partial charge on any atom is 0.341 e. The van der Waals surface area contributed by atoms with Gasteiger partial charge in [-0.15, -0.1) is 0 Å². The summed E-state index contributed by atoms with van der Waals surface area (Å²) in [5.74, 6) is -1.54. The van der Waals surface area contributed by atoms with Crippen LogP contribution in [0.25, 0.3) is 0 Å². The standard InChI is InChI=1S/C19H20FNO5/c1-11-5-8-17(25-4)16(9-11)21-18(22)12(2)26-19(23)14-7-6-13(24-3)10-15(14)20/h5-10,12H,1-4H3,(H,21,22). The summed E-state index contributed by atoms with van der Waals surface area (Å²) < 4.78 is 29.1. The van der Waals surface area contributed by atoms with Gasteiger partial charge in [0.05, 0.1) is 25.5 Å². The Balaban J connectivity index is 2.07. The summed E-state index contributed by atoms with van der Waals surface area (Å²) in [7, 11) is 2.87. The quantitative estimate of drug-likeness (QED) is 0.799. The average molecular weight is 361 g/mol. The largest absolute Gasteiger partial charge is 0.497 e. The van der Waals surface area contributed by atoms with Crippen molar-refractivity contribution in [1.82, 2.24) is 0 Å². The maximum atomic E-state index is 13.9. The maximum absolute atomic E-state index is 13.9. The second kappa shape index (κ2) is 8.33. The van der Waals surface area contributed by atoms with Crippen LogP contribution < -0.4 is 14.8 Å². The van der Waals surface area contributed by atoms with Gasteiger partial charge in [0.15, 0.2) is 6.10 Å². The van der Waals surface area contributed by atoms with Gasteiger partial charge in [-0.1, -0.05) is 6.07 Å². The van der Waals surface area contributed by atoms with E-state index in [1.54, 1.807) is 12.1 Å². The number of aryl methyl sites for hydroxylation is 1. The minimum Gasteiger partial charge on any atom is -0.497 e. The van der Waals surface area contributed by atoms with Crippen molar-refractivity contribution in [2.45, 2.75) is 20.0 Å². The van der Waals surface area contributed by atoms with Crippen LogP contribution in [-0.2, 0) is 9.53 Å². The van der Waals surface area contributed by atoms with Gasteiger partial charge in [-0.05, 0) is 43.7 Å². The molecule has 138 valence electrons. The van der Waals surface area contributed by atoms with Gasteiger partial charge >= 0.3 is 5.97 Å². The highest BCUT2D eigenvalue weighted by Crippen LogP contribution is 2.25. The number of benzene rings is 2. The van der Waals surface area contributed by atoms with E-state index < -0.39 is 23.8 Å². The molecule has 26 heavy (non-hydrogen) atoms. The number of methoxy groups -OCH3 is 2. The van der Waals surface area contributed by atoms with E-state index in [1.807, 2.05) is 13.0 Å². The number of hydrogen-bond acceptors (Lipinski definition) is 5. The Labute approximate surface area is 150 Å². The van der Waals surface area contributed by atoms with Crippen molar-refractivity contribution in [3.8, 4) is 11.5 Å². The number of hydrogen-bond donors (Lipinski definition) is 1. The highest BCUT2D eigenvalue weighted by atomic mass is 19.1. The Morgan fingerprint density at radius 1 is 1.08 bits per heavy atom. The van der Waals surface area contributed by atoms with E-state index >= 15 is 0 Å². The molecule has 1 atom stereocenters. The van der Waals surface area contributed by atoms with E-state index in [9.17, 15) is 14.0 Å². The predicted octanol–water partition coefficient (Wildman–Crippen LogP) is 3.34. The molecular formula is C19H20FNO5. The van der Waals surface area contributed by atoms with Crippen molar-refractivity contribution in [3.63, 3.8) is 0 Å². The second-order valence-electron chi connectivity index (χ2n) is 5.59. The topological polar surface area (TPSA) is 73.9 Å². The van der Waals surface area contributed by atoms with Crippen molar-refractivity contribution >= 4 is 17.6 Å². The Kier molecular flexibility index (Phi) is 6.16. The van der Waals surface area contributed by atoms with Crippen LogP contribution in [0.1, 0.15) is 22.8 Å². The van der Waals surface area contributed by atoms with Gasteiger partial charge in [-0.2, -0.15) is 0 Å². The molecule has 1 amide bonds. The van der Waals surface area contributed by atoms with Gasteiger partial charge < -0.3 is 19.5 Å². The second-order valence-corrected chi connectivity index (χ2v) is 5.59. The molecule has 7 heteroatoms. The molecule has 2 aromatic carbocycles. The van der Waals surface area contributed by atoms with Gasteiger partial charge in [0.2, 0.25) is 0 Å². The zero-order valence-corrected chi connectivity index (χ0v) is 15.0. The average Bonchev–Trinajstić information content (AvgIpc) is 2.61. The molecule has 1 N–H and O–H groups in total. The van der Waals surface area contributed by atoms with E-state index in [1.165, 1.54) is 33.3 Å². The van der Waals surface area contributed by atoms with Crippen LogP contribution in [0.4, 0.5) is 10.1 Å². The molecule has 0 saturated carbocycles. The van der Waals surface area contributed by atoms with Crippen LogP contribution in [0.3, 0.4) is 0 Å². The summed E-state index contributed by atoms with van der Waals surface area (Å²) in [6, 6.07) is 9.03. The first-order valence-corrected chi connectivity index (χ1v) is 7.85. The molecule has 0 aliphatic heterocycles. The zero-order chi connectivity index (χ0) is 19.3. The summed E-state index contributed by atoms with van der Waals surface area (Å²) in [4.78, 5) is 24.4. The van der Waals surface area contributed by atoms with Gasteiger partial charge in [0.1, 0.15) is 17.3 Å². The molecular weight excluding hydrogens is 341 g/mol. The lowest BCUT2D eigenvalue weighted by atomic mass is 10.2. The lowest BCUT2D eigenvalue weighted by molar-refractivity contribution is -0.123. The lowest BCUT2D eigenvalue weighted by Gasteiger charge is -2.16. The van der Waals surface area contributed by atoms with Crippen LogP contribution in [0.5, 0.6) is 11.5 Å². The Morgan fingerprint density at radius 3 is 2.42 bits per heavy atom. The molecule has 0 heterocycles. The normalized spacial score (nSPS) is 11.4. The van der Waals surface area contributed by atoms with Gasteiger partial charge in [-0.25, -0.2) is 9.18 Å². The van der Waals surface area contributed by atoms with Gasteiger partial charge in [0, 0.05) is 6.07 Å². The summed E-state index contributed by atoms with van der Waals surface area (Å²) in [5.41, 5.74) is 1.10. The molecule has 2 aromatic rings. The molecule has 6 nitrogen and oxygen atoms in total. The van der Waals surface area contributed by atoms with Gasteiger partial charge in [-0.3, -0.25) is 4.79 Å². The van der Waals surface area contributed by atoms with Crippen LogP contribution in [0.2, 0.25) is 0 Å². The van der Waals surface area contributed by atoms with Crippen molar-refractivity contribution in [3.05, 3.63) is 53.3 Å². The number of anilines is 1. The number of amides is 1. The fourth-order valence-corrected chi connectivity index (χ4v) is 2.22. The molecule has 0 aliphatic carbocycles. The van der Waals surface area contributed by atoms with E-state index in [2.05, 4.69) is 5.32 Å². The number of rotatable bonds is 6. The summed E-state index contributed by atoms with van der Waals surface area (Å²) in [6.07, 6.45) is -1.13. The number of ether oxygens (including phenoxy) is 3. The fraction of sp³-hybridized carbons (Fsp3) is 0.263. The number of esters is 1. The smallest absolute Gasteiger partial charge is 0.341 e. The van der Waals surface area contributed by atoms with Crippen LogP contribution in [-0.4, -0.2) is 32.2 Å². The lowest BCUT2D eigenvalue weighted by Crippen LogP contribution is -2.30. The van der Waals surface area contributed by atoms with E-state index in [0.29, 0.717) is 11.4 Å². The highest BCUT2D eigenvalue weighted by Gasteiger charge is 2.22. The Bertz CT molecular complexity index is 822. The zero-order valence-electron chi connectivity index (χ0n) is 15.0. The van der Waals surface area contributed by atoms with Crippen molar-refractivity contribution in [1.29, 1.82) is 0 Å². The van der Waals surface area contributed by atoms with Crippen molar-refractivity contribution in [2.24, 2.45) is 0 Å². The molecule has 2 rings (SSSR count). The first kappa shape index (κ1) is 19.2. The molecule has 0 aliphatic rings. The molecule has 0 spiro atoms. The van der Waals surface area contributed by atoms with Crippen LogP contribution in [0.15, 0.2) is 36.4 Å². The minimum atomic E-state index is -1.13. The summed E-state index contributed by atoms with van der Waals surface area (Å²) >= 11 is 0. The monoisotopic (exact) mass is 361 g/mol. The molecule has 0 saturated heterocycles. The van der Waals surface area contributed by atoms with Crippen molar-refractivity contribution in [2.75, 3.05) is 19.5 Å². The molecule has 0 fully saturated rings. The predicted molar refractivity (Wildman–Crippen MR) is 94.2 cm³/mol. The molecule has 1 unspecified atom stereocenters. The fourth-order valence-electron chi connectivity index (χ4n) is 2.22. The van der Waals surface area contributed by atoms with E-state index in [-0.39, 0.29) is 11.3 Å². The molecule has 0 bridgehead atoms. The first-order valence-electron chi connectivity index (χ1n) is 7.85. The van der Waals surface area contributed by atoms with Gasteiger partial charge in [0.25, 0.3) is 5.91 Å². The third-order valence-electron chi connectivity index (χ3n) is 3.66. The van der Waals surface area contributed by atoms with E-state index in [4.69, 9.17) is 14.2 Å². The minimum absolute atomic E-state index is 0.274. The van der Waals surface area contributed by atoms with Crippen LogP contribution in [0, 0.1) is 12.7 Å². The number of carbonyl (C=O) groups excluding carboxylic acids is 2. The Hall–Kier alpha value is -3.09. The van der Waals surface area contributed by atoms with Crippen LogP contribution >= 0.6 is 0 Å². The Morgan fingerprint density at radius 2 is 1.81 bits per heavy atom. The number of nitrogens with one attached hydrogen (secondary N) is 1. The molecule has 0 radical (unpaired) electrons. The number of carbonyl (C=O) groups is 2. The summed E-state index contributed by atoms with van der Waals surface area (Å²) in [5, 5.41) is 2.64.